The Bertz CT molecular complexity index is 867. The fourth-order valence-electron chi connectivity index (χ4n) is 2.20. The Morgan fingerprint density at radius 3 is 2.63 bits per heavy atom. The zero-order valence-electron chi connectivity index (χ0n) is 15.1. The minimum atomic E-state index is -0.489. The summed E-state index contributed by atoms with van der Waals surface area (Å²) in [4.78, 5) is 23.4. The van der Waals surface area contributed by atoms with Crippen molar-refractivity contribution in [3.63, 3.8) is 0 Å². The monoisotopic (exact) mass is 482 g/mol. The molecule has 0 atom stereocenters. The lowest BCUT2D eigenvalue weighted by molar-refractivity contribution is -0.142. The molecule has 2 rings (SSSR count). The number of halogens is 1. The van der Waals surface area contributed by atoms with E-state index in [0.717, 1.165) is 9.13 Å². The highest BCUT2D eigenvalue weighted by Crippen LogP contribution is 2.33. The van der Waals surface area contributed by atoms with Crippen LogP contribution in [0.2, 0.25) is 0 Å². The first-order valence-electron chi connectivity index (χ1n) is 7.92. The Balaban J connectivity index is 2.11. The Hall–Kier alpha value is -2.62. The third-order valence-corrected chi connectivity index (χ3v) is 4.38. The van der Waals surface area contributed by atoms with Crippen LogP contribution in [-0.2, 0) is 9.53 Å². The number of benzene rings is 2. The fourth-order valence-corrected chi connectivity index (χ4v) is 2.98. The largest absolute Gasteiger partial charge is 0.493 e. The lowest BCUT2D eigenvalue weighted by Crippen LogP contribution is -2.18. The standard InChI is InChI=1S/C19H19IN2O5/c1-12-6-4-5-7-14(12)19(24)22-21-10-13-8-15(20)18(16(9-13)25-2)27-11-17(23)26-3/h4-10H,11H2,1-3H3,(H,22,24)/b21-10+. The van der Waals surface area contributed by atoms with Crippen molar-refractivity contribution in [1.29, 1.82) is 0 Å². The van der Waals surface area contributed by atoms with E-state index in [4.69, 9.17) is 9.47 Å². The summed E-state index contributed by atoms with van der Waals surface area (Å²) in [5.41, 5.74) is 4.64. The molecule has 142 valence electrons. The van der Waals surface area contributed by atoms with Crippen LogP contribution in [0, 0.1) is 10.5 Å². The number of nitrogens with zero attached hydrogens (tertiary/aromatic N) is 1. The number of ether oxygens (including phenoxy) is 3. The maximum absolute atomic E-state index is 12.2. The molecule has 1 amide bonds. The van der Waals surface area contributed by atoms with Crippen LogP contribution in [0.1, 0.15) is 21.5 Å². The second-order valence-corrected chi connectivity index (χ2v) is 6.58. The molecule has 7 nitrogen and oxygen atoms in total. The summed E-state index contributed by atoms with van der Waals surface area (Å²) in [5, 5.41) is 3.99. The lowest BCUT2D eigenvalue weighted by atomic mass is 10.1. The summed E-state index contributed by atoms with van der Waals surface area (Å²) in [5.74, 6) is 0.100. The van der Waals surface area contributed by atoms with Gasteiger partial charge in [0, 0.05) is 5.56 Å². The van der Waals surface area contributed by atoms with E-state index in [9.17, 15) is 9.59 Å². The minimum Gasteiger partial charge on any atom is -0.493 e. The first-order valence-corrected chi connectivity index (χ1v) is 9.00. The molecule has 0 heterocycles. The molecular weight excluding hydrogens is 463 g/mol. The van der Waals surface area contributed by atoms with E-state index in [1.807, 2.05) is 19.1 Å². The van der Waals surface area contributed by atoms with Gasteiger partial charge in [0.2, 0.25) is 0 Å². The summed E-state index contributed by atoms with van der Waals surface area (Å²) in [6.07, 6.45) is 1.50. The van der Waals surface area contributed by atoms with Gasteiger partial charge in [0.25, 0.3) is 5.91 Å². The van der Waals surface area contributed by atoms with E-state index in [0.29, 0.717) is 22.6 Å². The molecule has 0 aliphatic heterocycles. The van der Waals surface area contributed by atoms with Crippen molar-refractivity contribution in [2.24, 2.45) is 5.10 Å². The molecule has 0 bridgehead atoms. The zero-order chi connectivity index (χ0) is 19.8. The van der Waals surface area contributed by atoms with Crippen molar-refractivity contribution < 1.29 is 23.8 Å². The quantitative estimate of drug-likeness (QED) is 0.284. The number of hydrogen-bond acceptors (Lipinski definition) is 6. The molecule has 0 saturated heterocycles. The predicted octanol–water partition coefficient (Wildman–Crippen LogP) is 2.92. The van der Waals surface area contributed by atoms with Crippen LogP contribution < -0.4 is 14.9 Å². The molecule has 8 heteroatoms. The summed E-state index contributed by atoms with van der Waals surface area (Å²) in [7, 11) is 2.79. The number of carbonyl (C=O) groups is 2. The SMILES string of the molecule is COC(=O)COc1c(I)cc(/C=N/NC(=O)c2ccccc2C)cc1OC. The van der Waals surface area contributed by atoms with Gasteiger partial charge in [0.05, 0.1) is 24.0 Å². The highest BCUT2D eigenvalue weighted by atomic mass is 127. The summed E-state index contributed by atoms with van der Waals surface area (Å²) < 4.78 is 16.1. The van der Waals surface area contributed by atoms with Crippen LogP contribution in [-0.4, -0.2) is 38.9 Å². The van der Waals surface area contributed by atoms with Crippen molar-refractivity contribution in [2.45, 2.75) is 6.92 Å². The fraction of sp³-hybridized carbons (Fsp3) is 0.211. The van der Waals surface area contributed by atoms with Crippen molar-refractivity contribution in [1.82, 2.24) is 5.43 Å². The molecule has 2 aromatic rings. The van der Waals surface area contributed by atoms with Gasteiger partial charge in [-0.05, 0) is 58.8 Å². The average Bonchev–Trinajstić information content (AvgIpc) is 2.66. The van der Waals surface area contributed by atoms with E-state index >= 15 is 0 Å². The van der Waals surface area contributed by atoms with E-state index < -0.39 is 5.97 Å². The van der Waals surface area contributed by atoms with Crippen molar-refractivity contribution in [3.8, 4) is 11.5 Å². The van der Waals surface area contributed by atoms with Crippen LogP contribution in [0.5, 0.6) is 11.5 Å². The van der Waals surface area contributed by atoms with E-state index in [2.05, 4.69) is 37.9 Å². The molecule has 0 aliphatic rings. The number of methoxy groups -OCH3 is 2. The molecule has 0 spiro atoms. The number of hydrazone groups is 1. The number of carbonyl (C=O) groups excluding carboxylic acids is 2. The second kappa shape index (κ2) is 9.91. The molecule has 0 aliphatic carbocycles. The van der Waals surface area contributed by atoms with Gasteiger partial charge in [-0.2, -0.15) is 5.10 Å². The third kappa shape index (κ3) is 5.68. The third-order valence-electron chi connectivity index (χ3n) is 3.58. The molecule has 27 heavy (non-hydrogen) atoms. The Kier molecular flexibility index (Phi) is 7.59. The van der Waals surface area contributed by atoms with Crippen molar-refractivity contribution in [3.05, 3.63) is 56.7 Å². The normalized spacial score (nSPS) is 10.5. The number of amides is 1. The van der Waals surface area contributed by atoms with Gasteiger partial charge in [0.1, 0.15) is 0 Å². The van der Waals surface area contributed by atoms with Crippen molar-refractivity contribution in [2.75, 3.05) is 20.8 Å². The van der Waals surface area contributed by atoms with Gasteiger partial charge in [-0.3, -0.25) is 4.79 Å². The van der Waals surface area contributed by atoms with Gasteiger partial charge in [0.15, 0.2) is 18.1 Å². The zero-order valence-corrected chi connectivity index (χ0v) is 17.3. The van der Waals surface area contributed by atoms with E-state index in [-0.39, 0.29) is 12.5 Å². The number of aryl methyl sites for hydroxylation is 1. The highest BCUT2D eigenvalue weighted by Gasteiger charge is 2.13. The van der Waals surface area contributed by atoms with Crippen LogP contribution in [0.3, 0.4) is 0 Å². The van der Waals surface area contributed by atoms with E-state index in [1.54, 1.807) is 24.3 Å². The summed E-state index contributed by atoms with van der Waals surface area (Å²) in [6, 6.07) is 10.7. The molecule has 1 N–H and O–H groups in total. The molecule has 0 saturated carbocycles. The van der Waals surface area contributed by atoms with Gasteiger partial charge >= 0.3 is 5.97 Å². The first kappa shape index (κ1) is 20.7. The summed E-state index contributed by atoms with van der Waals surface area (Å²) in [6.45, 7) is 1.64. The molecule has 0 fully saturated rings. The van der Waals surface area contributed by atoms with Gasteiger partial charge in [-0.1, -0.05) is 18.2 Å². The second-order valence-electron chi connectivity index (χ2n) is 5.41. The topological polar surface area (TPSA) is 86.2 Å². The number of nitrogens with one attached hydrogen (secondary N) is 1. The number of esters is 1. The maximum Gasteiger partial charge on any atom is 0.343 e. The average molecular weight is 482 g/mol. The van der Waals surface area contributed by atoms with Gasteiger partial charge in [-0.25, -0.2) is 10.2 Å². The van der Waals surface area contributed by atoms with Crippen LogP contribution >= 0.6 is 22.6 Å². The van der Waals surface area contributed by atoms with Gasteiger partial charge in [-0.15, -0.1) is 0 Å². The number of rotatable bonds is 7. The maximum atomic E-state index is 12.2. The Morgan fingerprint density at radius 2 is 1.96 bits per heavy atom. The van der Waals surface area contributed by atoms with Gasteiger partial charge < -0.3 is 14.2 Å². The smallest absolute Gasteiger partial charge is 0.343 e. The van der Waals surface area contributed by atoms with Crippen molar-refractivity contribution >= 4 is 40.7 Å². The molecule has 0 radical (unpaired) electrons. The molecule has 0 aromatic heterocycles. The minimum absolute atomic E-state index is 0.219. The summed E-state index contributed by atoms with van der Waals surface area (Å²) >= 11 is 2.07. The predicted molar refractivity (Wildman–Crippen MR) is 109 cm³/mol. The van der Waals surface area contributed by atoms with Crippen LogP contribution in [0.25, 0.3) is 0 Å². The first-order chi connectivity index (χ1) is 13.0. The molecule has 0 unspecified atom stereocenters. The highest BCUT2D eigenvalue weighted by molar-refractivity contribution is 14.1. The van der Waals surface area contributed by atoms with E-state index in [1.165, 1.54) is 20.4 Å². The lowest BCUT2D eigenvalue weighted by Gasteiger charge is -2.12. The Labute approximate surface area is 170 Å². The van der Waals surface area contributed by atoms with Crippen LogP contribution in [0.4, 0.5) is 0 Å². The Morgan fingerprint density at radius 1 is 1.22 bits per heavy atom. The van der Waals surface area contributed by atoms with Crippen LogP contribution in [0.15, 0.2) is 41.5 Å². The number of hydrogen-bond donors (Lipinski definition) is 1. The molecular formula is C19H19IN2O5. The molecule has 2 aromatic carbocycles.